The smallest absolute Gasteiger partial charge is 0.123 e. The van der Waals surface area contributed by atoms with Crippen LogP contribution in [0.1, 0.15) is 29.3 Å². The number of benzene rings is 1. The molecule has 0 aliphatic heterocycles. The summed E-state index contributed by atoms with van der Waals surface area (Å²) in [7, 11) is 0. The third-order valence-corrected chi connectivity index (χ3v) is 5.07. The van der Waals surface area contributed by atoms with Gasteiger partial charge in [-0.15, -0.1) is 11.3 Å². The number of hydrogen-bond donors (Lipinski definition) is 1. The van der Waals surface area contributed by atoms with Gasteiger partial charge in [-0.05, 0) is 64.5 Å². The molecule has 1 atom stereocenters. The molecular weight excluding hydrogens is 325 g/mol. The van der Waals surface area contributed by atoms with E-state index in [4.69, 9.17) is 0 Å². The molecule has 1 N–H and O–H groups in total. The quantitative estimate of drug-likeness (QED) is 0.817. The Balaban J connectivity index is 1.69. The van der Waals surface area contributed by atoms with Crippen LogP contribution < -0.4 is 5.32 Å². The van der Waals surface area contributed by atoms with Gasteiger partial charge in [0.2, 0.25) is 0 Å². The van der Waals surface area contributed by atoms with Gasteiger partial charge >= 0.3 is 0 Å². The third-order valence-electron chi connectivity index (χ3n) is 3.45. The van der Waals surface area contributed by atoms with Crippen molar-refractivity contribution in [2.75, 3.05) is 0 Å². The molecule has 1 nitrogen and oxygen atoms in total. The lowest BCUT2D eigenvalue weighted by Crippen LogP contribution is -2.22. The summed E-state index contributed by atoms with van der Waals surface area (Å²) < 4.78 is 14.2. The zero-order valence-electron chi connectivity index (χ0n) is 10.4. The summed E-state index contributed by atoms with van der Waals surface area (Å²) in [6.07, 6.45) is 2.53. The fourth-order valence-corrected chi connectivity index (χ4v) is 3.75. The van der Waals surface area contributed by atoms with Gasteiger partial charge in [0, 0.05) is 17.5 Å². The second-order valence-electron chi connectivity index (χ2n) is 4.95. The van der Waals surface area contributed by atoms with E-state index in [1.54, 1.807) is 23.5 Å². The molecule has 1 unspecified atom stereocenters. The maximum atomic E-state index is 13.0. The van der Waals surface area contributed by atoms with Crippen LogP contribution in [0, 0.1) is 11.7 Å². The molecule has 1 aliphatic rings. The van der Waals surface area contributed by atoms with Crippen molar-refractivity contribution in [1.82, 2.24) is 5.32 Å². The molecule has 0 saturated heterocycles. The molecule has 1 heterocycles. The predicted octanol–water partition coefficient (Wildman–Crippen LogP) is 4.89. The average molecular weight is 340 g/mol. The number of rotatable bonds is 5. The summed E-state index contributed by atoms with van der Waals surface area (Å²) in [6, 6.07) is 11.5. The van der Waals surface area contributed by atoms with E-state index < -0.39 is 0 Å². The summed E-state index contributed by atoms with van der Waals surface area (Å²) >= 11 is 5.24. The Hall–Kier alpha value is -0.710. The summed E-state index contributed by atoms with van der Waals surface area (Å²) in [5.41, 5.74) is 1.19. The molecular formula is C15H15BrFNS. The second-order valence-corrected chi connectivity index (χ2v) is 7.50. The molecule has 100 valence electrons. The lowest BCUT2D eigenvalue weighted by molar-refractivity contribution is 0.481. The Bertz CT molecular complexity index is 548. The number of thiophene rings is 1. The zero-order valence-corrected chi connectivity index (χ0v) is 12.8. The highest BCUT2D eigenvalue weighted by atomic mass is 79.9. The summed E-state index contributed by atoms with van der Waals surface area (Å²) in [6.45, 7) is 0.870. The fourth-order valence-electron chi connectivity index (χ4n) is 2.31. The van der Waals surface area contributed by atoms with Gasteiger partial charge in [0.15, 0.2) is 0 Å². The highest BCUT2D eigenvalue weighted by Gasteiger charge is 2.31. The molecule has 1 saturated carbocycles. The highest BCUT2D eigenvalue weighted by Crippen LogP contribution is 2.41. The van der Waals surface area contributed by atoms with Crippen molar-refractivity contribution in [3.05, 3.63) is 56.4 Å². The maximum absolute atomic E-state index is 13.0. The third kappa shape index (κ3) is 3.44. The van der Waals surface area contributed by atoms with E-state index in [9.17, 15) is 4.39 Å². The van der Waals surface area contributed by atoms with Crippen LogP contribution in [-0.4, -0.2) is 0 Å². The Labute approximate surface area is 125 Å². The first kappa shape index (κ1) is 13.3. The minimum Gasteiger partial charge on any atom is -0.305 e. The molecule has 0 amide bonds. The summed E-state index contributed by atoms with van der Waals surface area (Å²) in [5.74, 6) is 0.536. The first-order chi connectivity index (χ1) is 9.22. The van der Waals surface area contributed by atoms with E-state index in [1.807, 2.05) is 12.1 Å². The maximum Gasteiger partial charge on any atom is 0.123 e. The average Bonchev–Trinajstić information content (AvgIpc) is 3.15. The van der Waals surface area contributed by atoms with Crippen molar-refractivity contribution < 1.29 is 4.39 Å². The van der Waals surface area contributed by atoms with Gasteiger partial charge in [-0.2, -0.15) is 0 Å². The molecule has 0 bridgehead atoms. The minimum atomic E-state index is -0.166. The van der Waals surface area contributed by atoms with Gasteiger partial charge < -0.3 is 5.32 Å². The summed E-state index contributed by atoms with van der Waals surface area (Å²) in [4.78, 5) is 1.32. The molecule has 1 aliphatic carbocycles. The standard InChI is InChI=1S/C15H15BrFNS/c16-14-8-7-13(19-14)9-18-15(10-1-2-10)11-3-5-12(17)6-4-11/h3-8,10,15,18H,1-2,9H2. The normalized spacial score (nSPS) is 16.5. The molecule has 1 fully saturated rings. The van der Waals surface area contributed by atoms with Crippen molar-refractivity contribution in [3.63, 3.8) is 0 Å². The van der Waals surface area contributed by atoms with Crippen molar-refractivity contribution >= 4 is 27.3 Å². The Morgan fingerprint density at radius 1 is 1.21 bits per heavy atom. The number of halogens is 2. The molecule has 0 spiro atoms. The molecule has 0 radical (unpaired) electrons. The van der Waals surface area contributed by atoms with Crippen LogP contribution in [-0.2, 0) is 6.54 Å². The monoisotopic (exact) mass is 339 g/mol. The first-order valence-corrected chi connectivity index (χ1v) is 8.06. The second kappa shape index (κ2) is 5.73. The van der Waals surface area contributed by atoms with Gasteiger partial charge in [-0.25, -0.2) is 4.39 Å². The largest absolute Gasteiger partial charge is 0.305 e. The highest BCUT2D eigenvalue weighted by molar-refractivity contribution is 9.11. The van der Waals surface area contributed by atoms with E-state index in [0.29, 0.717) is 12.0 Å². The molecule has 1 aromatic carbocycles. The summed E-state index contributed by atoms with van der Waals surface area (Å²) in [5, 5.41) is 3.61. The van der Waals surface area contributed by atoms with E-state index in [2.05, 4.69) is 33.4 Å². The lowest BCUT2D eigenvalue weighted by Gasteiger charge is -2.18. The Morgan fingerprint density at radius 3 is 2.53 bits per heavy atom. The van der Waals surface area contributed by atoms with Crippen LogP contribution in [0.25, 0.3) is 0 Å². The van der Waals surface area contributed by atoms with Crippen LogP contribution in [0.3, 0.4) is 0 Å². The van der Waals surface area contributed by atoms with E-state index in [1.165, 1.54) is 23.3 Å². The number of nitrogens with one attached hydrogen (secondary N) is 1. The SMILES string of the molecule is Fc1ccc(C(NCc2ccc(Br)s2)C2CC2)cc1. The van der Waals surface area contributed by atoms with Crippen molar-refractivity contribution in [2.24, 2.45) is 5.92 Å². The van der Waals surface area contributed by atoms with E-state index >= 15 is 0 Å². The van der Waals surface area contributed by atoms with Gasteiger partial charge in [0.1, 0.15) is 5.82 Å². The molecule has 4 heteroatoms. The first-order valence-electron chi connectivity index (χ1n) is 6.45. The lowest BCUT2D eigenvalue weighted by atomic mass is 10.0. The van der Waals surface area contributed by atoms with Gasteiger partial charge in [0.05, 0.1) is 3.79 Å². The van der Waals surface area contributed by atoms with Crippen molar-refractivity contribution in [2.45, 2.75) is 25.4 Å². The van der Waals surface area contributed by atoms with Crippen LogP contribution in [0.15, 0.2) is 40.2 Å². The predicted molar refractivity (Wildman–Crippen MR) is 80.7 cm³/mol. The molecule has 1 aromatic heterocycles. The van der Waals surface area contributed by atoms with E-state index in [0.717, 1.165) is 10.3 Å². The van der Waals surface area contributed by atoms with Crippen molar-refractivity contribution in [3.8, 4) is 0 Å². The zero-order chi connectivity index (χ0) is 13.2. The fraction of sp³-hybridized carbons (Fsp3) is 0.333. The molecule has 19 heavy (non-hydrogen) atoms. The van der Waals surface area contributed by atoms with Crippen LogP contribution >= 0.6 is 27.3 Å². The van der Waals surface area contributed by atoms with Crippen LogP contribution in [0.2, 0.25) is 0 Å². The van der Waals surface area contributed by atoms with Crippen LogP contribution in [0.4, 0.5) is 4.39 Å². The van der Waals surface area contributed by atoms with Gasteiger partial charge in [-0.1, -0.05) is 12.1 Å². The minimum absolute atomic E-state index is 0.166. The van der Waals surface area contributed by atoms with Gasteiger partial charge in [0.25, 0.3) is 0 Å². The Morgan fingerprint density at radius 2 is 1.95 bits per heavy atom. The van der Waals surface area contributed by atoms with E-state index in [-0.39, 0.29) is 5.82 Å². The van der Waals surface area contributed by atoms with Crippen LogP contribution in [0.5, 0.6) is 0 Å². The van der Waals surface area contributed by atoms with Gasteiger partial charge in [-0.3, -0.25) is 0 Å². The molecule has 3 rings (SSSR count). The molecule has 2 aromatic rings. The Kier molecular flexibility index (Phi) is 4.01. The topological polar surface area (TPSA) is 12.0 Å². The number of hydrogen-bond acceptors (Lipinski definition) is 2. The van der Waals surface area contributed by atoms with Crippen molar-refractivity contribution in [1.29, 1.82) is 0 Å².